The molecule has 0 amide bonds. The molecular formula is C22H32F3Si. The zero-order valence-corrected chi connectivity index (χ0v) is 17.0. The normalized spacial score (nSPS) is 25.5. The Morgan fingerprint density at radius 2 is 1.42 bits per heavy atom. The maximum absolute atomic E-state index is 13.5. The molecular weight excluding hydrogens is 349 g/mol. The summed E-state index contributed by atoms with van der Waals surface area (Å²) in [4.78, 5) is 0. The fraction of sp³-hybridized carbons (Fsp3) is 0.727. The van der Waals surface area contributed by atoms with E-state index in [2.05, 4.69) is 6.92 Å². The van der Waals surface area contributed by atoms with Gasteiger partial charge >= 0.3 is 0 Å². The van der Waals surface area contributed by atoms with Crippen molar-refractivity contribution >= 4 is 8.80 Å². The van der Waals surface area contributed by atoms with Crippen LogP contribution in [0.5, 0.6) is 0 Å². The Bertz CT molecular complexity index is 550. The second-order valence-electron chi connectivity index (χ2n) is 8.45. The van der Waals surface area contributed by atoms with Gasteiger partial charge in [-0.15, -0.1) is 0 Å². The molecule has 1 aromatic rings. The average Bonchev–Trinajstić information content (AvgIpc) is 2.67. The van der Waals surface area contributed by atoms with E-state index in [-0.39, 0.29) is 14.7 Å². The van der Waals surface area contributed by atoms with Crippen LogP contribution in [0.15, 0.2) is 12.1 Å². The molecule has 0 nitrogen and oxygen atoms in total. The van der Waals surface area contributed by atoms with E-state index in [0.717, 1.165) is 37.5 Å². The molecule has 4 heteroatoms. The first-order valence-electron chi connectivity index (χ1n) is 10.6. The van der Waals surface area contributed by atoms with Crippen molar-refractivity contribution in [1.29, 1.82) is 0 Å². The van der Waals surface area contributed by atoms with E-state index in [0.29, 0.717) is 5.56 Å². The summed E-state index contributed by atoms with van der Waals surface area (Å²) >= 11 is 0. The molecule has 0 aromatic heterocycles. The van der Waals surface area contributed by atoms with Gasteiger partial charge in [0.15, 0.2) is 17.5 Å². The maximum Gasteiger partial charge on any atom is 0.194 e. The van der Waals surface area contributed by atoms with Crippen LogP contribution in [-0.4, -0.2) is 8.80 Å². The summed E-state index contributed by atoms with van der Waals surface area (Å²) in [5.41, 5.74) is 0.643. The first-order valence-corrected chi connectivity index (χ1v) is 12.7. The highest BCUT2D eigenvalue weighted by molar-refractivity contribution is 6.58. The largest absolute Gasteiger partial charge is 0.204 e. The smallest absolute Gasteiger partial charge is 0.194 e. The second kappa shape index (κ2) is 9.43. The van der Waals surface area contributed by atoms with Crippen molar-refractivity contribution in [3.8, 4) is 0 Å². The van der Waals surface area contributed by atoms with Gasteiger partial charge in [0.25, 0.3) is 0 Å². The Kier molecular flexibility index (Phi) is 7.25. The summed E-state index contributed by atoms with van der Waals surface area (Å²) in [6.45, 7) is 2.28. The number of rotatable bonds is 6. The first-order chi connectivity index (χ1) is 12.6. The number of hydrogen-bond donors (Lipinski definition) is 0. The fourth-order valence-electron chi connectivity index (χ4n) is 5.13. The van der Waals surface area contributed by atoms with Crippen LogP contribution in [-0.2, 0) is 0 Å². The number of halogens is 3. The molecule has 145 valence electrons. The minimum atomic E-state index is -1.35. The molecule has 2 fully saturated rings. The van der Waals surface area contributed by atoms with Gasteiger partial charge in [-0.05, 0) is 61.1 Å². The van der Waals surface area contributed by atoms with Gasteiger partial charge in [-0.1, -0.05) is 57.2 Å². The quantitative estimate of drug-likeness (QED) is 0.272. The van der Waals surface area contributed by atoms with Crippen molar-refractivity contribution in [3.63, 3.8) is 0 Å². The fourth-order valence-corrected chi connectivity index (χ4v) is 8.19. The summed E-state index contributed by atoms with van der Waals surface area (Å²) in [7, 11) is -0.0762. The van der Waals surface area contributed by atoms with Gasteiger partial charge in [0, 0.05) is 8.80 Å². The Labute approximate surface area is 158 Å². The van der Waals surface area contributed by atoms with Gasteiger partial charge in [-0.2, -0.15) is 0 Å². The van der Waals surface area contributed by atoms with Crippen LogP contribution in [0, 0.1) is 29.3 Å². The van der Waals surface area contributed by atoms with Gasteiger partial charge in [-0.25, -0.2) is 13.2 Å². The van der Waals surface area contributed by atoms with Crippen LogP contribution in [0.25, 0.3) is 0 Å². The SMILES string of the molecule is CCCCC[Si]1CCC(C2CCC(c3cc(F)c(F)c(F)c3)CC2)CC1. The third-order valence-corrected chi connectivity index (χ3v) is 9.84. The van der Waals surface area contributed by atoms with E-state index in [1.807, 2.05) is 0 Å². The summed E-state index contributed by atoms with van der Waals surface area (Å²) in [6, 6.07) is 6.91. The van der Waals surface area contributed by atoms with Gasteiger partial charge in [0.05, 0.1) is 0 Å². The maximum atomic E-state index is 13.5. The molecule has 3 rings (SSSR count). The summed E-state index contributed by atoms with van der Waals surface area (Å²) in [5.74, 6) is -1.59. The van der Waals surface area contributed by atoms with E-state index >= 15 is 0 Å². The lowest BCUT2D eigenvalue weighted by Crippen LogP contribution is -2.28. The molecule has 0 unspecified atom stereocenters. The number of hydrogen-bond acceptors (Lipinski definition) is 0. The van der Waals surface area contributed by atoms with Crippen LogP contribution in [0.3, 0.4) is 0 Å². The third-order valence-electron chi connectivity index (χ3n) is 6.79. The highest BCUT2D eigenvalue weighted by Crippen LogP contribution is 2.44. The number of benzene rings is 1. The third kappa shape index (κ3) is 4.93. The molecule has 1 radical (unpaired) electrons. The highest BCUT2D eigenvalue weighted by Gasteiger charge is 2.32. The molecule has 1 saturated heterocycles. The first kappa shape index (κ1) is 20.0. The molecule has 0 N–H and O–H groups in total. The monoisotopic (exact) mass is 381 g/mol. The summed E-state index contributed by atoms with van der Waals surface area (Å²) in [6.07, 6.45) is 11.3. The summed E-state index contributed by atoms with van der Waals surface area (Å²) < 4.78 is 40.2. The van der Waals surface area contributed by atoms with Crippen LogP contribution in [0.1, 0.15) is 76.2 Å². The van der Waals surface area contributed by atoms with Crippen molar-refractivity contribution in [2.24, 2.45) is 11.8 Å². The molecule has 1 saturated carbocycles. The molecule has 0 spiro atoms. The standard InChI is InChI=1S/C22H32F3Si/c1-2-3-4-11-26-12-9-18(10-13-26)16-5-7-17(8-6-16)19-14-20(23)22(25)21(24)15-19/h14-18H,2-13H2,1H3. The van der Waals surface area contributed by atoms with Crippen molar-refractivity contribution in [3.05, 3.63) is 35.1 Å². The summed E-state index contributed by atoms with van der Waals surface area (Å²) in [5, 5.41) is 0. The van der Waals surface area contributed by atoms with E-state index in [4.69, 9.17) is 0 Å². The predicted octanol–water partition coefficient (Wildman–Crippen LogP) is 7.47. The molecule has 0 atom stereocenters. The van der Waals surface area contributed by atoms with Crippen molar-refractivity contribution in [1.82, 2.24) is 0 Å². The van der Waals surface area contributed by atoms with Gasteiger partial charge in [0.1, 0.15) is 0 Å². The van der Waals surface area contributed by atoms with E-state index in [1.54, 1.807) is 0 Å². The molecule has 1 aliphatic carbocycles. The molecule has 2 aliphatic rings. The zero-order chi connectivity index (χ0) is 18.5. The van der Waals surface area contributed by atoms with Crippen LogP contribution in [0.4, 0.5) is 13.2 Å². The van der Waals surface area contributed by atoms with Crippen molar-refractivity contribution in [2.45, 2.75) is 88.8 Å². The van der Waals surface area contributed by atoms with E-state index in [9.17, 15) is 13.2 Å². The second-order valence-corrected chi connectivity index (χ2v) is 11.5. The van der Waals surface area contributed by atoms with Crippen molar-refractivity contribution in [2.75, 3.05) is 0 Å². The minimum Gasteiger partial charge on any atom is -0.204 e. The Hall–Kier alpha value is -0.773. The molecule has 1 heterocycles. The Morgan fingerprint density at radius 3 is 2.00 bits per heavy atom. The lowest BCUT2D eigenvalue weighted by Gasteiger charge is -2.37. The van der Waals surface area contributed by atoms with Gasteiger partial charge in [-0.3, -0.25) is 0 Å². The topological polar surface area (TPSA) is 0 Å². The lowest BCUT2D eigenvalue weighted by atomic mass is 9.72. The molecule has 1 aromatic carbocycles. The van der Waals surface area contributed by atoms with Crippen LogP contribution < -0.4 is 0 Å². The van der Waals surface area contributed by atoms with Crippen LogP contribution in [0.2, 0.25) is 18.1 Å². The van der Waals surface area contributed by atoms with E-state index < -0.39 is 17.5 Å². The predicted molar refractivity (Wildman–Crippen MR) is 103 cm³/mol. The highest BCUT2D eigenvalue weighted by atomic mass is 28.3. The lowest BCUT2D eigenvalue weighted by molar-refractivity contribution is 0.216. The molecule has 1 aliphatic heterocycles. The van der Waals surface area contributed by atoms with Crippen molar-refractivity contribution < 1.29 is 13.2 Å². The number of unbranched alkanes of at least 4 members (excludes halogenated alkanes) is 2. The Balaban J connectivity index is 1.46. The minimum absolute atomic E-state index is 0.0762. The van der Waals surface area contributed by atoms with E-state index in [1.165, 1.54) is 62.4 Å². The average molecular weight is 382 g/mol. The van der Waals surface area contributed by atoms with Gasteiger partial charge < -0.3 is 0 Å². The van der Waals surface area contributed by atoms with Crippen LogP contribution >= 0.6 is 0 Å². The molecule has 26 heavy (non-hydrogen) atoms. The molecule has 0 bridgehead atoms. The zero-order valence-electron chi connectivity index (χ0n) is 16.0. The Morgan fingerprint density at radius 1 is 0.846 bits per heavy atom. The van der Waals surface area contributed by atoms with Gasteiger partial charge in [0.2, 0.25) is 0 Å².